The van der Waals surface area contributed by atoms with Gasteiger partial charge in [0, 0.05) is 32.2 Å². The van der Waals surface area contributed by atoms with Gasteiger partial charge in [0.1, 0.15) is 0 Å². The first-order valence-electron chi connectivity index (χ1n) is 5.06. The van der Waals surface area contributed by atoms with E-state index in [9.17, 15) is 9.59 Å². The maximum Gasteiger partial charge on any atom is 0.321 e. The molecule has 0 aromatic rings. The normalized spacial score (nSPS) is 16.9. The molecule has 0 spiro atoms. The molecule has 3 amide bonds. The molecule has 15 heavy (non-hydrogen) atoms. The van der Waals surface area contributed by atoms with Crippen LogP contribution in [0, 0.1) is 5.92 Å². The molecule has 1 fully saturated rings. The van der Waals surface area contributed by atoms with Crippen LogP contribution < -0.4 is 10.6 Å². The Balaban J connectivity index is 2.12. The molecular formula is C9H17N3O3. The van der Waals surface area contributed by atoms with E-state index in [1.165, 1.54) is 0 Å². The minimum absolute atomic E-state index is 0.161. The Kier molecular flexibility index (Phi) is 4.51. The lowest BCUT2D eigenvalue weighted by molar-refractivity contribution is -0.123. The molecule has 0 aliphatic carbocycles. The molecule has 6 nitrogen and oxygen atoms in total. The van der Waals surface area contributed by atoms with Gasteiger partial charge < -0.3 is 10.4 Å². The van der Waals surface area contributed by atoms with E-state index in [-0.39, 0.29) is 25.0 Å². The van der Waals surface area contributed by atoms with Crippen molar-refractivity contribution in [1.29, 1.82) is 0 Å². The van der Waals surface area contributed by atoms with E-state index in [1.54, 1.807) is 6.92 Å². The number of carbonyl (C=O) groups is 2. The number of rotatable bonds is 4. The van der Waals surface area contributed by atoms with Crippen LogP contribution in [0.5, 0.6) is 0 Å². The van der Waals surface area contributed by atoms with Crippen molar-refractivity contribution in [2.24, 2.45) is 5.92 Å². The zero-order chi connectivity index (χ0) is 11.3. The fourth-order valence-electron chi connectivity index (χ4n) is 1.50. The monoisotopic (exact) mass is 215 g/mol. The zero-order valence-corrected chi connectivity index (χ0v) is 8.82. The summed E-state index contributed by atoms with van der Waals surface area (Å²) in [6.07, 6.45) is 0. The number of urea groups is 1. The molecule has 0 aromatic heterocycles. The van der Waals surface area contributed by atoms with Gasteiger partial charge in [0.25, 0.3) is 0 Å². The zero-order valence-electron chi connectivity index (χ0n) is 8.82. The largest absolute Gasteiger partial charge is 0.396 e. The summed E-state index contributed by atoms with van der Waals surface area (Å²) in [7, 11) is 0. The van der Waals surface area contributed by atoms with Crippen molar-refractivity contribution in [1.82, 2.24) is 15.5 Å². The summed E-state index contributed by atoms with van der Waals surface area (Å²) in [6.45, 7) is 4.10. The number of hydrogen-bond acceptors (Lipinski definition) is 4. The summed E-state index contributed by atoms with van der Waals surface area (Å²) in [5, 5.41) is 13.5. The molecule has 1 saturated heterocycles. The Labute approximate surface area is 88.6 Å². The number of hydrogen-bond donors (Lipinski definition) is 3. The van der Waals surface area contributed by atoms with Crippen molar-refractivity contribution < 1.29 is 14.7 Å². The van der Waals surface area contributed by atoms with Gasteiger partial charge in [0.05, 0.1) is 6.54 Å². The number of likely N-dealkylation sites (tertiary alicyclic amines) is 1. The van der Waals surface area contributed by atoms with Crippen LogP contribution in [-0.4, -0.2) is 54.7 Å². The van der Waals surface area contributed by atoms with E-state index in [1.807, 2.05) is 4.90 Å². The Bertz CT molecular complexity index is 239. The molecule has 0 radical (unpaired) electrons. The van der Waals surface area contributed by atoms with E-state index >= 15 is 0 Å². The van der Waals surface area contributed by atoms with E-state index in [0.29, 0.717) is 6.54 Å². The standard InChI is InChI=1S/C9H17N3O3/c1-2-10-9(15)11-8(14)5-12-3-7(4-12)6-13/h7,13H,2-6H2,1H3,(H2,10,11,14,15). The summed E-state index contributed by atoms with van der Waals surface area (Å²) in [4.78, 5) is 24.1. The topological polar surface area (TPSA) is 81.7 Å². The minimum atomic E-state index is -0.457. The average Bonchev–Trinajstić information content (AvgIpc) is 2.10. The predicted octanol–water partition coefficient (Wildman–Crippen LogP) is -1.24. The third-order valence-corrected chi connectivity index (χ3v) is 2.25. The molecule has 1 heterocycles. The second-order valence-corrected chi connectivity index (χ2v) is 3.65. The first-order valence-corrected chi connectivity index (χ1v) is 5.06. The summed E-state index contributed by atoms with van der Waals surface area (Å²) in [6, 6.07) is -0.457. The van der Waals surface area contributed by atoms with Gasteiger partial charge in [-0.05, 0) is 6.92 Å². The number of carbonyl (C=O) groups excluding carboxylic acids is 2. The van der Waals surface area contributed by atoms with Gasteiger partial charge in [-0.15, -0.1) is 0 Å². The van der Waals surface area contributed by atoms with E-state index in [0.717, 1.165) is 13.1 Å². The van der Waals surface area contributed by atoms with Crippen LogP contribution in [0.4, 0.5) is 4.79 Å². The fraction of sp³-hybridized carbons (Fsp3) is 0.778. The van der Waals surface area contributed by atoms with Crippen molar-refractivity contribution in [2.75, 3.05) is 32.8 Å². The van der Waals surface area contributed by atoms with Crippen LogP contribution in [0.3, 0.4) is 0 Å². The molecule has 0 atom stereocenters. The van der Waals surface area contributed by atoms with Gasteiger partial charge in [0.15, 0.2) is 0 Å². The molecule has 86 valence electrons. The average molecular weight is 215 g/mol. The van der Waals surface area contributed by atoms with Crippen molar-refractivity contribution in [2.45, 2.75) is 6.92 Å². The third kappa shape index (κ3) is 3.85. The van der Waals surface area contributed by atoms with Gasteiger partial charge in [-0.25, -0.2) is 4.79 Å². The van der Waals surface area contributed by atoms with E-state index < -0.39 is 6.03 Å². The van der Waals surface area contributed by atoms with Crippen molar-refractivity contribution in [3.05, 3.63) is 0 Å². The molecule has 0 unspecified atom stereocenters. The number of amides is 3. The fourth-order valence-corrected chi connectivity index (χ4v) is 1.50. The van der Waals surface area contributed by atoms with Gasteiger partial charge in [-0.3, -0.25) is 15.0 Å². The van der Waals surface area contributed by atoms with Gasteiger partial charge in [-0.1, -0.05) is 0 Å². The van der Waals surface area contributed by atoms with Crippen LogP contribution in [0.2, 0.25) is 0 Å². The van der Waals surface area contributed by atoms with Crippen LogP contribution in [-0.2, 0) is 4.79 Å². The predicted molar refractivity (Wildman–Crippen MR) is 54.2 cm³/mol. The minimum Gasteiger partial charge on any atom is -0.396 e. The molecule has 6 heteroatoms. The molecular weight excluding hydrogens is 198 g/mol. The highest BCUT2D eigenvalue weighted by molar-refractivity contribution is 5.95. The number of imide groups is 1. The molecule has 0 aromatic carbocycles. The quantitative estimate of drug-likeness (QED) is 0.547. The summed E-state index contributed by atoms with van der Waals surface area (Å²) in [5.41, 5.74) is 0. The Hall–Kier alpha value is -1.14. The Morgan fingerprint density at radius 2 is 2.13 bits per heavy atom. The van der Waals surface area contributed by atoms with Crippen molar-refractivity contribution in [3.8, 4) is 0 Å². The number of aliphatic hydroxyl groups excluding tert-OH is 1. The summed E-state index contributed by atoms with van der Waals surface area (Å²) >= 11 is 0. The van der Waals surface area contributed by atoms with Crippen LogP contribution >= 0.6 is 0 Å². The Morgan fingerprint density at radius 3 is 2.67 bits per heavy atom. The third-order valence-electron chi connectivity index (χ3n) is 2.25. The highest BCUT2D eigenvalue weighted by Crippen LogP contribution is 2.13. The molecule has 3 N–H and O–H groups in total. The maximum atomic E-state index is 11.3. The van der Waals surface area contributed by atoms with E-state index in [2.05, 4.69) is 10.6 Å². The summed E-state index contributed by atoms with van der Waals surface area (Å²) in [5.74, 6) is -0.0281. The smallest absolute Gasteiger partial charge is 0.321 e. The second-order valence-electron chi connectivity index (χ2n) is 3.65. The lowest BCUT2D eigenvalue weighted by Crippen LogP contribution is -2.53. The van der Waals surface area contributed by atoms with Crippen LogP contribution in [0.25, 0.3) is 0 Å². The molecule has 0 saturated carbocycles. The molecule has 1 aliphatic rings. The van der Waals surface area contributed by atoms with Gasteiger partial charge >= 0.3 is 6.03 Å². The van der Waals surface area contributed by atoms with Crippen LogP contribution in [0.15, 0.2) is 0 Å². The maximum absolute atomic E-state index is 11.3. The van der Waals surface area contributed by atoms with Gasteiger partial charge in [-0.2, -0.15) is 0 Å². The Morgan fingerprint density at radius 1 is 1.47 bits per heavy atom. The number of aliphatic hydroxyl groups is 1. The molecule has 1 rings (SSSR count). The highest BCUT2D eigenvalue weighted by atomic mass is 16.3. The van der Waals surface area contributed by atoms with Gasteiger partial charge in [0.2, 0.25) is 5.91 Å². The first-order chi connectivity index (χ1) is 7.15. The lowest BCUT2D eigenvalue weighted by Gasteiger charge is -2.37. The first kappa shape index (κ1) is 11.9. The van der Waals surface area contributed by atoms with Crippen LogP contribution in [0.1, 0.15) is 6.92 Å². The van der Waals surface area contributed by atoms with Crippen molar-refractivity contribution >= 4 is 11.9 Å². The number of nitrogens with one attached hydrogen (secondary N) is 2. The SMILES string of the molecule is CCNC(=O)NC(=O)CN1CC(CO)C1. The summed E-state index contributed by atoms with van der Waals surface area (Å²) < 4.78 is 0. The van der Waals surface area contributed by atoms with E-state index in [4.69, 9.17) is 5.11 Å². The molecule has 0 bridgehead atoms. The van der Waals surface area contributed by atoms with Crippen molar-refractivity contribution in [3.63, 3.8) is 0 Å². The highest BCUT2D eigenvalue weighted by Gasteiger charge is 2.27. The second kappa shape index (κ2) is 5.67. The lowest BCUT2D eigenvalue weighted by atomic mass is 10.0. The molecule has 1 aliphatic heterocycles. The number of nitrogens with zero attached hydrogens (tertiary/aromatic N) is 1.